The maximum absolute atomic E-state index is 13.2. The third-order valence-electron chi connectivity index (χ3n) is 6.66. The zero-order valence-corrected chi connectivity index (χ0v) is 20.3. The zero-order valence-electron chi connectivity index (χ0n) is 19.4. The van der Waals surface area contributed by atoms with Crippen LogP contribution in [0.1, 0.15) is 61.7 Å². The lowest BCUT2D eigenvalue weighted by atomic mass is 10.0. The number of aromatic nitrogens is 2. The first kappa shape index (κ1) is 22.9. The highest BCUT2D eigenvalue weighted by atomic mass is 32.1. The van der Waals surface area contributed by atoms with Crippen molar-refractivity contribution in [1.82, 2.24) is 24.7 Å². The highest BCUT2D eigenvalue weighted by Gasteiger charge is 2.30. The van der Waals surface area contributed by atoms with Gasteiger partial charge in [0.2, 0.25) is 5.91 Å². The third-order valence-corrected chi connectivity index (χ3v) is 7.85. The second-order valence-corrected chi connectivity index (χ2v) is 10.9. The molecule has 0 bridgehead atoms. The Labute approximate surface area is 192 Å². The standard InChI is InChI=1S/C23H33N5O3S/c1-15-18-20(24-14-27(21(18)30)13-17(29)25-16-7-5-6-8-16)32-19(15)22(31)26-9-11-28(12-10-26)23(2,3)4/h14,16H,5-13H2,1-4H3,(H,25,29). The highest BCUT2D eigenvalue weighted by molar-refractivity contribution is 7.20. The van der Waals surface area contributed by atoms with Crippen LogP contribution in [0.2, 0.25) is 0 Å². The molecule has 3 heterocycles. The summed E-state index contributed by atoms with van der Waals surface area (Å²) in [4.78, 5) is 48.5. The number of piperazine rings is 1. The Bertz CT molecular complexity index is 1070. The molecular formula is C23H33N5O3S. The smallest absolute Gasteiger partial charge is 0.264 e. The number of carbonyl (C=O) groups is 2. The van der Waals surface area contributed by atoms with E-state index in [1.54, 1.807) is 0 Å². The number of hydrogen-bond acceptors (Lipinski definition) is 6. The molecule has 4 rings (SSSR count). The number of amides is 2. The molecule has 2 aliphatic rings. The summed E-state index contributed by atoms with van der Waals surface area (Å²) in [6.07, 6.45) is 5.68. The molecule has 1 N–H and O–H groups in total. The van der Waals surface area contributed by atoms with E-state index in [1.807, 2.05) is 11.8 Å². The van der Waals surface area contributed by atoms with Gasteiger partial charge in [-0.25, -0.2) is 4.98 Å². The summed E-state index contributed by atoms with van der Waals surface area (Å²) in [5.74, 6) is -0.204. The van der Waals surface area contributed by atoms with E-state index < -0.39 is 0 Å². The van der Waals surface area contributed by atoms with Crippen LogP contribution < -0.4 is 10.9 Å². The van der Waals surface area contributed by atoms with E-state index in [0.29, 0.717) is 33.7 Å². The van der Waals surface area contributed by atoms with Crippen molar-refractivity contribution in [2.24, 2.45) is 0 Å². The average Bonchev–Trinajstić information content (AvgIpc) is 3.37. The average molecular weight is 460 g/mol. The van der Waals surface area contributed by atoms with E-state index in [9.17, 15) is 14.4 Å². The summed E-state index contributed by atoms with van der Waals surface area (Å²) in [6.45, 7) is 11.3. The van der Waals surface area contributed by atoms with Crippen molar-refractivity contribution in [3.63, 3.8) is 0 Å². The molecule has 2 aromatic rings. The topological polar surface area (TPSA) is 87.5 Å². The van der Waals surface area contributed by atoms with Gasteiger partial charge in [-0.3, -0.25) is 23.9 Å². The summed E-state index contributed by atoms with van der Waals surface area (Å²) < 4.78 is 1.35. The molecule has 0 spiro atoms. The van der Waals surface area contributed by atoms with E-state index in [4.69, 9.17) is 0 Å². The molecule has 1 aliphatic carbocycles. The molecule has 0 unspecified atom stereocenters. The maximum atomic E-state index is 13.2. The number of nitrogens with one attached hydrogen (secondary N) is 1. The van der Waals surface area contributed by atoms with Crippen molar-refractivity contribution in [3.8, 4) is 0 Å². The second kappa shape index (κ2) is 8.94. The van der Waals surface area contributed by atoms with Crippen molar-refractivity contribution < 1.29 is 9.59 Å². The SMILES string of the molecule is Cc1c(C(=O)N2CCN(C(C)(C)C)CC2)sc2ncn(CC(=O)NC3CCCC3)c(=O)c12. The number of hydrogen-bond donors (Lipinski definition) is 1. The largest absolute Gasteiger partial charge is 0.352 e. The first-order chi connectivity index (χ1) is 15.1. The number of rotatable bonds is 4. The number of aryl methyl sites for hydroxylation is 1. The van der Waals surface area contributed by atoms with Gasteiger partial charge in [-0.05, 0) is 46.1 Å². The fourth-order valence-electron chi connectivity index (χ4n) is 4.70. The maximum Gasteiger partial charge on any atom is 0.264 e. The normalized spacial score (nSPS) is 18.4. The first-order valence-electron chi connectivity index (χ1n) is 11.5. The Balaban J connectivity index is 1.51. The van der Waals surface area contributed by atoms with Crippen LogP contribution in [0.25, 0.3) is 10.2 Å². The van der Waals surface area contributed by atoms with Crippen molar-refractivity contribution in [1.29, 1.82) is 0 Å². The lowest BCUT2D eigenvalue weighted by Gasteiger charge is -2.42. The van der Waals surface area contributed by atoms with E-state index in [0.717, 1.165) is 38.8 Å². The number of thiophene rings is 1. The van der Waals surface area contributed by atoms with Crippen LogP contribution in [0.15, 0.2) is 11.1 Å². The third kappa shape index (κ3) is 4.59. The van der Waals surface area contributed by atoms with Crippen LogP contribution in [-0.2, 0) is 11.3 Å². The van der Waals surface area contributed by atoms with Crippen molar-refractivity contribution >= 4 is 33.4 Å². The molecule has 1 saturated heterocycles. The predicted molar refractivity (Wildman–Crippen MR) is 126 cm³/mol. The fraction of sp³-hybridized carbons (Fsp3) is 0.652. The molecule has 0 aromatic carbocycles. The second-order valence-electron chi connectivity index (χ2n) is 9.91. The molecule has 1 aliphatic heterocycles. The Morgan fingerprint density at radius 1 is 1.16 bits per heavy atom. The van der Waals surface area contributed by atoms with Crippen molar-refractivity contribution in [2.75, 3.05) is 26.2 Å². The van der Waals surface area contributed by atoms with Gasteiger partial charge in [0, 0.05) is 37.8 Å². The highest BCUT2D eigenvalue weighted by Crippen LogP contribution is 2.29. The van der Waals surface area contributed by atoms with Gasteiger partial charge >= 0.3 is 0 Å². The number of fused-ring (bicyclic) bond motifs is 1. The van der Waals surface area contributed by atoms with Crippen LogP contribution in [0, 0.1) is 6.92 Å². The molecule has 0 atom stereocenters. The van der Waals surface area contributed by atoms with Gasteiger partial charge < -0.3 is 10.2 Å². The zero-order chi connectivity index (χ0) is 23.0. The number of carbonyl (C=O) groups excluding carboxylic acids is 2. The summed E-state index contributed by atoms with van der Waals surface area (Å²) in [7, 11) is 0. The molecule has 32 heavy (non-hydrogen) atoms. The van der Waals surface area contributed by atoms with E-state index in [1.165, 1.54) is 22.2 Å². The molecule has 2 aromatic heterocycles. The molecule has 8 nitrogen and oxygen atoms in total. The quantitative estimate of drug-likeness (QED) is 0.759. The van der Waals surface area contributed by atoms with Crippen LogP contribution in [0.3, 0.4) is 0 Å². The monoisotopic (exact) mass is 459 g/mol. The Hall–Kier alpha value is -2.26. The summed E-state index contributed by atoms with van der Waals surface area (Å²) >= 11 is 1.27. The lowest BCUT2D eigenvalue weighted by molar-refractivity contribution is -0.122. The molecule has 174 valence electrons. The van der Waals surface area contributed by atoms with Crippen molar-refractivity contribution in [2.45, 2.75) is 71.5 Å². The minimum absolute atomic E-state index is 0.0380. The van der Waals surface area contributed by atoms with Crippen LogP contribution >= 0.6 is 11.3 Å². The summed E-state index contributed by atoms with van der Waals surface area (Å²) in [5, 5.41) is 3.46. The number of nitrogens with zero attached hydrogens (tertiary/aromatic N) is 4. The Kier molecular flexibility index (Phi) is 6.40. The van der Waals surface area contributed by atoms with Gasteiger partial charge in [0.05, 0.1) is 16.6 Å². The van der Waals surface area contributed by atoms with Gasteiger partial charge in [0.1, 0.15) is 11.4 Å². The molecule has 9 heteroatoms. The van der Waals surface area contributed by atoms with Crippen LogP contribution in [-0.4, -0.2) is 68.9 Å². The lowest BCUT2D eigenvalue weighted by Crippen LogP contribution is -2.54. The Morgan fingerprint density at radius 2 is 1.81 bits per heavy atom. The minimum atomic E-state index is -0.262. The van der Waals surface area contributed by atoms with Gasteiger partial charge in [-0.2, -0.15) is 0 Å². The van der Waals surface area contributed by atoms with Gasteiger partial charge in [0.15, 0.2) is 0 Å². The van der Waals surface area contributed by atoms with Crippen LogP contribution in [0.4, 0.5) is 0 Å². The van der Waals surface area contributed by atoms with Gasteiger partial charge in [-0.1, -0.05) is 12.8 Å². The first-order valence-corrected chi connectivity index (χ1v) is 12.3. The van der Waals surface area contributed by atoms with Crippen LogP contribution in [0.5, 0.6) is 0 Å². The Morgan fingerprint density at radius 3 is 2.44 bits per heavy atom. The molecule has 2 fully saturated rings. The fourth-order valence-corrected chi connectivity index (χ4v) is 5.81. The summed E-state index contributed by atoms with van der Waals surface area (Å²) in [6, 6.07) is 0.209. The van der Waals surface area contributed by atoms with E-state index in [-0.39, 0.29) is 35.5 Å². The summed E-state index contributed by atoms with van der Waals surface area (Å²) in [5.41, 5.74) is 0.486. The van der Waals surface area contributed by atoms with Gasteiger partial charge in [0.25, 0.3) is 11.5 Å². The molecule has 1 saturated carbocycles. The van der Waals surface area contributed by atoms with E-state index in [2.05, 4.69) is 36.0 Å². The molecule has 0 radical (unpaired) electrons. The van der Waals surface area contributed by atoms with E-state index >= 15 is 0 Å². The predicted octanol–water partition coefficient (Wildman–Crippen LogP) is 2.38. The van der Waals surface area contributed by atoms with Gasteiger partial charge in [-0.15, -0.1) is 11.3 Å². The minimum Gasteiger partial charge on any atom is -0.352 e. The van der Waals surface area contributed by atoms with Crippen molar-refractivity contribution in [3.05, 3.63) is 27.1 Å². The molecule has 2 amide bonds. The molecular weight excluding hydrogens is 426 g/mol.